The molecule has 6 rings (SSSR count). The number of anilines is 1. The molecule has 0 saturated heterocycles. The first-order valence-corrected chi connectivity index (χ1v) is 13.6. The summed E-state index contributed by atoms with van der Waals surface area (Å²) in [6.07, 6.45) is 9.49. The molecule has 0 spiro atoms. The Balaban J connectivity index is 1.27. The van der Waals surface area contributed by atoms with E-state index in [-0.39, 0.29) is 28.7 Å². The number of aryl methyl sites for hydroxylation is 1. The number of hydrogen-bond acceptors (Lipinski definition) is 6. The number of aromatic nitrogens is 5. The van der Waals surface area contributed by atoms with Crippen molar-refractivity contribution in [3.05, 3.63) is 117 Å². The molecule has 0 aliphatic heterocycles. The van der Waals surface area contributed by atoms with E-state index in [4.69, 9.17) is 4.74 Å². The van der Waals surface area contributed by atoms with Gasteiger partial charge < -0.3 is 10.1 Å². The largest absolute Gasteiger partial charge is 0.454 e. The summed E-state index contributed by atoms with van der Waals surface area (Å²) in [6.45, 7) is 0. The lowest BCUT2D eigenvalue weighted by atomic mass is 10.2. The summed E-state index contributed by atoms with van der Waals surface area (Å²) in [4.78, 5) is 44.4. The van der Waals surface area contributed by atoms with Gasteiger partial charge in [0.2, 0.25) is 0 Å². The number of carbonyl (C=O) groups excluding carboxylic acids is 1. The molecule has 12 heteroatoms. The minimum atomic E-state index is -0.870. The van der Waals surface area contributed by atoms with Crippen molar-refractivity contribution in [2.75, 3.05) is 5.32 Å². The Labute approximate surface area is 243 Å². The fourth-order valence-corrected chi connectivity index (χ4v) is 5.16. The maximum atomic E-state index is 15.1. The molecule has 0 bridgehead atoms. The van der Waals surface area contributed by atoms with Crippen LogP contribution >= 0.6 is 0 Å². The Hall–Kier alpha value is -5.39. The Morgan fingerprint density at radius 1 is 1.00 bits per heavy atom. The molecule has 1 amide bonds. The molecule has 10 nitrogen and oxygen atoms in total. The number of rotatable bonds is 7. The molecule has 3 heterocycles. The third kappa shape index (κ3) is 5.71. The Bertz CT molecular complexity index is 1940. The summed E-state index contributed by atoms with van der Waals surface area (Å²) in [7, 11) is 1.78. The fraction of sp³-hybridized carbons (Fsp3) is 0.194. The summed E-state index contributed by atoms with van der Waals surface area (Å²) in [5, 5.41) is 6.67. The van der Waals surface area contributed by atoms with Gasteiger partial charge in [-0.2, -0.15) is 5.10 Å². The van der Waals surface area contributed by atoms with E-state index in [0.717, 1.165) is 54.0 Å². The molecule has 5 aromatic rings. The third-order valence-electron chi connectivity index (χ3n) is 7.31. The van der Waals surface area contributed by atoms with Crippen molar-refractivity contribution in [3.8, 4) is 28.4 Å². The molecule has 0 atom stereocenters. The molecule has 2 aromatic carbocycles. The maximum Gasteiger partial charge on any atom is 0.335 e. The summed E-state index contributed by atoms with van der Waals surface area (Å²) in [6, 6.07) is 11.8. The second-order valence-electron chi connectivity index (χ2n) is 10.3. The van der Waals surface area contributed by atoms with E-state index in [2.05, 4.69) is 15.4 Å². The molecule has 218 valence electrons. The number of hydrogen-bond donors (Lipinski definition) is 1. The molecule has 1 fully saturated rings. The number of ether oxygens (including phenoxy) is 1. The number of halogens is 2. The van der Waals surface area contributed by atoms with Crippen molar-refractivity contribution in [1.82, 2.24) is 23.9 Å². The topological polar surface area (TPSA) is 113 Å². The van der Waals surface area contributed by atoms with Crippen molar-refractivity contribution in [2.45, 2.75) is 31.7 Å². The molecule has 43 heavy (non-hydrogen) atoms. The van der Waals surface area contributed by atoms with E-state index in [1.54, 1.807) is 36.3 Å². The molecule has 1 saturated carbocycles. The number of amides is 1. The average molecular weight is 585 g/mol. The first kappa shape index (κ1) is 27.8. The normalized spacial score (nSPS) is 13.3. The van der Waals surface area contributed by atoms with Crippen molar-refractivity contribution in [1.29, 1.82) is 0 Å². The van der Waals surface area contributed by atoms with Crippen LogP contribution in [-0.4, -0.2) is 29.8 Å². The lowest BCUT2D eigenvalue weighted by Gasteiger charge is -2.18. The highest BCUT2D eigenvalue weighted by atomic mass is 19.1. The van der Waals surface area contributed by atoms with Gasteiger partial charge in [0.25, 0.3) is 11.5 Å². The molecule has 3 aromatic heterocycles. The monoisotopic (exact) mass is 584 g/mol. The number of pyridine rings is 1. The lowest BCUT2D eigenvalue weighted by molar-refractivity contribution is 0.102. The number of nitrogens with zero attached hydrogens (tertiary/aromatic N) is 5. The van der Waals surface area contributed by atoms with E-state index in [1.807, 2.05) is 0 Å². The number of benzene rings is 2. The molecular formula is C31H26F2N6O4. The van der Waals surface area contributed by atoms with Crippen molar-refractivity contribution < 1.29 is 18.3 Å². The van der Waals surface area contributed by atoms with E-state index < -0.39 is 28.8 Å². The molecular weight excluding hydrogens is 558 g/mol. The predicted molar refractivity (Wildman–Crippen MR) is 155 cm³/mol. The van der Waals surface area contributed by atoms with Gasteiger partial charge in [0.05, 0.1) is 17.6 Å². The second-order valence-corrected chi connectivity index (χ2v) is 10.3. The van der Waals surface area contributed by atoms with Crippen LogP contribution in [0.5, 0.6) is 11.5 Å². The van der Waals surface area contributed by atoms with Crippen LogP contribution in [0.4, 0.5) is 14.5 Å². The summed E-state index contributed by atoms with van der Waals surface area (Å²) < 4.78 is 38.3. The van der Waals surface area contributed by atoms with Crippen LogP contribution < -0.4 is 21.3 Å². The Morgan fingerprint density at radius 2 is 1.77 bits per heavy atom. The van der Waals surface area contributed by atoms with Crippen LogP contribution in [0.3, 0.4) is 0 Å². The van der Waals surface area contributed by atoms with E-state index in [9.17, 15) is 18.8 Å². The van der Waals surface area contributed by atoms with E-state index in [0.29, 0.717) is 11.4 Å². The average Bonchev–Trinajstić information content (AvgIpc) is 3.68. The summed E-state index contributed by atoms with van der Waals surface area (Å²) >= 11 is 0. The third-order valence-corrected chi connectivity index (χ3v) is 7.31. The zero-order valence-corrected chi connectivity index (χ0v) is 23.0. The van der Waals surface area contributed by atoms with Crippen LogP contribution in [0.15, 0.2) is 89.0 Å². The van der Waals surface area contributed by atoms with Gasteiger partial charge in [0.15, 0.2) is 11.6 Å². The summed E-state index contributed by atoms with van der Waals surface area (Å²) in [5.74, 6) is -1.85. The standard InChI is InChI=1S/C31H26F2N6O4/c1-37-17-19(16-35-37)27-15-24(12-13-34-27)43-28-11-8-21(14-26(28)33)36-29(40)25-18-38(22-4-2-3-5-22)31(42)39(30(25)41)23-9-6-20(32)7-10-23/h6-18,22H,2-5H2,1H3,(H,36,40). The predicted octanol–water partition coefficient (Wildman–Crippen LogP) is 5.23. The highest BCUT2D eigenvalue weighted by Gasteiger charge is 2.25. The zero-order chi connectivity index (χ0) is 30.1. The number of carbonyl (C=O) groups is 1. The van der Waals surface area contributed by atoms with Crippen molar-refractivity contribution >= 4 is 11.6 Å². The minimum absolute atomic E-state index is 0.0759. The van der Waals surface area contributed by atoms with Crippen LogP contribution in [0.25, 0.3) is 16.9 Å². The van der Waals surface area contributed by atoms with Gasteiger partial charge in [-0.3, -0.25) is 23.8 Å². The van der Waals surface area contributed by atoms with Gasteiger partial charge in [-0.15, -0.1) is 0 Å². The molecule has 0 radical (unpaired) electrons. The van der Waals surface area contributed by atoms with Gasteiger partial charge in [0.1, 0.15) is 17.1 Å². The second kappa shape index (κ2) is 11.5. The highest BCUT2D eigenvalue weighted by molar-refractivity contribution is 6.03. The highest BCUT2D eigenvalue weighted by Crippen LogP contribution is 2.30. The maximum absolute atomic E-state index is 15.1. The van der Waals surface area contributed by atoms with Crippen LogP contribution in [0, 0.1) is 11.6 Å². The number of nitrogens with one attached hydrogen (secondary N) is 1. The molecule has 1 N–H and O–H groups in total. The molecule has 0 unspecified atom stereocenters. The van der Waals surface area contributed by atoms with Crippen molar-refractivity contribution in [3.63, 3.8) is 0 Å². The molecule has 1 aliphatic rings. The SMILES string of the molecule is Cn1cc(-c2cc(Oc3ccc(NC(=O)c4cn(C5CCCC5)c(=O)n(-c5ccc(F)cc5)c4=O)cc3F)ccn2)cn1. The summed E-state index contributed by atoms with van der Waals surface area (Å²) in [5.41, 5.74) is -0.220. The van der Waals surface area contributed by atoms with E-state index >= 15 is 4.39 Å². The van der Waals surface area contributed by atoms with Gasteiger partial charge in [-0.1, -0.05) is 12.8 Å². The van der Waals surface area contributed by atoms with E-state index in [1.165, 1.54) is 41.2 Å². The van der Waals surface area contributed by atoms with Crippen LogP contribution in [0.2, 0.25) is 0 Å². The Morgan fingerprint density at radius 3 is 2.47 bits per heavy atom. The fourth-order valence-electron chi connectivity index (χ4n) is 5.16. The van der Waals surface area contributed by atoms with Gasteiger partial charge >= 0.3 is 5.69 Å². The smallest absolute Gasteiger partial charge is 0.335 e. The minimum Gasteiger partial charge on any atom is -0.454 e. The van der Waals surface area contributed by atoms with Gasteiger partial charge in [-0.25, -0.2) is 18.1 Å². The molecule has 1 aliphatic carbocycles. The zero-order valence-electron chi connectivity index (χ0n) is 23.0. The Kier molecular flexibility index (Phi) is 7.41. The van der Waals surface area contributed by atoms with Gasteiger partial charge in [0, 0.05) is 55.1 Å². The quantitative estimate of drug-likeness (QED) is 0.280. The first-order valence-electron chi connectivity index (χ1n) is 13.6. The van der Waals surface area contributed by atoms with Crippen LogP contribution in [0.1, 0.15) is 42.1 Å². The van der Waals surface area contributed by atoms with Gasteiger partial charge in [-0.05, 0) is 55.3 Å². The van der Waals surface area contributed by atoms with Crippen molar-refractivity contribution in [2.24, 2.45) is 7.05 Å². The lowest BCUT2D eigenvalue weighted by Crippen LogP contribution is -2.43. The first-order chi connectivity index (χ1) is 20.8. The van der Waals surface area contributed by atoms with Crippen LogP contribution in [-0.2, 0) is 7.05 Å².